The zero-order valence-corrected chi connectivity index (χ0v) is 18.8. The number of hydrogen-bond donors (Lipinski definition) is 1. The Labute approximate surface area is 199 Å². The summed E-state index contributed by atoms with van der Waals surface area (Å²) in [4.78, 5) is 15.1. The second kappa shape index (κ2) is 8.79. The van der Waals surface area contributed by atoms with Gasteiger partial charge in [0.05, 0.1) is 31.3 Å². The van der Waals surface area contributed by atoms with E-state index in [2.05, 4.69) is 4.98 Å². The van der Waals surface area contributed by atoms with Crippen LogP contribution in [0.2, 0.25) is 0 Å². The van der Waals surface area contributed by atoms with Gasteiger partial charge < -0.3 is 19.3 Å². The van der Waals surface area contributed by atoms with Crippen molar-refractivity contribution in [2.75, 3.05) is 13.7 Å². The Morgan fingerprint density at radius 1 is 1.20 bits per heavy atom. The summed E-state index contributed by atoms with van der Waals surface area (Å²) >= 11 is 0. The smallest absolute Gasteiger partial charge is 0.417 e. The van der Waals surface area contributed by atoms with Crippen molar-refractivity contribution in [1.82, 2.24) is 4.98 Å². The molecule has 0 saturated carbocycles. The van der Waals surface area contributed by atoms with E-state index in [9.17, 15) is 18.0 Å². The van der Waals surface area contributed by atoms with Gasteiger partial charge in [-0.25, -0.2) is 4.98 Å². The lowest BCUT2D eigenvalue weighted by Crippen LogP contribution is -2.10. The fourth-order valence-corrected chi connectivity index (χ4v) is 4.94. The zero-order valence-electron chi connectivity index (χ0n) is 18.8. The van der Waals surface area contributed by atoms with Crippen LogP contribution in [0, 0.1) is 0 Å². The number of carboxylic acid groups (broad SMARTS) is 1. The summed E-state index contributed by atoms with van der Waals surface area (Å²) in [5, 5.41) is 9.08. The van der Waals surface area contributed by atoms with Crippen molar-refractivity contribution in [3.63, 3.8) is 0 Å². The van der Waals surface area contributed by atoms with Crippen LogP contribution in [-0.2, 0) is 17.4 Å². The molecule has 0 bridgehead atoms. The molecule has 0 saturated heterocycles. The summed E-state index contributed by atoms with van der Waals surface area (Å²) in [5.41, 5.74) is 1.97. The number of ether oxygens (including phenoxy) is 3. The van der Waals surface area contributed by atoms with E-state index in [0.29, 0.717) is 36.5 Å². The molecule has 35 heavy (non-hydrogen) atoms. The Morgan fingerprint density at radius 3 is 2.77 bits per heavy atom. The minimum absolute atomic E-state index is 0.0102. The molecule has 1 N–H and O–H groups in total. The summed E-state index contributed by atoms with van der Waals surface area (Å²) in [6.07, 6.45) is -2.70. The Bertz CT molecular complexity index is 1290. The maximum atomic E-state index is 13.8. The normalized spacial score (nSPS) is 18.5. The highest BCUT2D eigenvalue weighted by Crippen LogP contribution is 2.47. The number of carboxylic acids is 1. The SMILES string of the molecule is COc1nccc(C(F)(F)F)c1-c1cccc2c1CC[C@H]2Oc1ccc2c(c1)OCC2CC(=O)O. The van der Waals surface area contributed by atoms with Gasteiger partial charge in [0, 0.05) is 23.7 Å². The molecule has 6 nitrogen and oxygen atoms in total. The third-order valence-corrected chi connectivity index (χ3v) is 6.46. The number of methoxy groups -OCH3 is 1. The first-order valence-electron chi connectivity index (χ1n) is 11.1. The van der Waals surface area contributed by atoms with Gasteiger partial charge in [-0.3, -0.25) is 4.79 Å². The van der Waals surface area contributed by atoms with E-state index in [4.69, 9.17) is 19.3 Å². The number of pyridine rings is 1. The van der Waals surface area contributed by atoms with E-state index in [-0.39, 0.29) is 29.9 Å². The maximum Gasteiger partial charge on any atom is 0.417 e. The van der Waals surface area contributed by atoms with Crippen LogP contribution in [0.3, 0.4) is 0 Å². The minimum atomic E-state index is -4.56. The minimum Gasteiger partial charge on any atom is -0.492 e. The molecule has 1 aliphatic carbocycles. The summed E-state index contributed by atoms with van der Waals surface area (Å²) in [6, 6.07) is 11.5. The number of hydrogen-bond acceptors (Lipinski definition) is 5. The van der Waals surface area contributed by atoms with Crippen LogP contribution in [0.25, 0.3) is 11.1 Å². The number of fused-ring (bicyclic) bond motifs is 2. The van der Waals surface area contributed by atoms with Gasteiger partial charge in [-0.1, -0.05) is 24.3 Å². The summed E-state index contributed by atoms with van der Waals surface area (Å²) in [6.45, 7) is 0.301. The van der Waals surface area contributed by atoms with Crippen molar-refractivity contribution in [2.45, 2.75) is 37.5 Å². The van der Waals surface area contributed by atoms with Crippen molar-refractivity contribution in [1.29, 1.82) is 0 Å². The number of aliphatic carboxylic acids is 1. The molecule has 1 aliphatic heterocycles. The molecule has 3 aromatic rings. The molecule has 182 valence electrons. The first-order chi connectivity index (χ1) is 16.8. The Morgan fingerprint density at radius 2 is 2.03 bits per heavy atom. The molecule has 5 rings (SSSR count). The number of rotatable bonds is 6. The molecule has 0 fully saturated rings. The Kier molecular flexibility index (Phi) is 5.78. The van der Waals surface area contributed by atoms with Gasteiger partial charge in [-0.05, 0) is 41.7 Å². The predicted molar refractivity (Wildman–Crippen MR) is 120 cm³/mol. The molecular weight excluding hydrogens is 463 g/mol. The van der Waals surface area contributed by atoms with E-state index in [1.54, 1.807) is 24.3 Å². The molecule has 0 amide bonds. The first kappa shape index (κ1) is 23.0. The van der Waals surface area contributed by atoms with Crippen LogP contribution in [0.5, 0.6) is 17.4 Å². The van der Waals surface area contributed by atoms with Crippen molar-refractivity contribution in [3.05, 3.63) is 70.9 Å². The standard InChI is InChI=1S/C26H22F3NO5/c1-33-25-24(20(9-10-30-25)26(27,28)29)19-4-2-3-18-17(19)7-8-21(18)35-15-5-6-16-14(11-23(31)32)13-34-22(16)12-15/h2-6,9-10,12,14,21H,7-8,11,13H2,1H3,(H,31,32)/t14?,21-/m1/s1. The first-order valence-corrected chi connectivity index (χ1v) is 11.1. The van der Waals surface area contributed by atoms with E-state index < -0.39 is 17.7 Å². The van der Waals surface area contributed by atoms with Crippen LogP contribution in [-0.4, -0.2) is 29.8 Å². The lowest BCUT2D eigenvalue weighted by Gasteiger charge is -2.19. The zero-order chi connectivity index (χ0) is 24.7. The number of nitrogens with zero attached hydrogens (tertiary/aromatic N) is 1. The van der Waals surface area contributed by atoms with Crippen LogP contribution in [0.4, 0.5) is 13.2 Å². The average Bonchev–Trinajstić information content (AvgIpc) is 3.41. The van der Waals surface area contributed by atoms with Crippen molar-refractivity contribution < 1.29 is 37.3 Å². The van der Waals surface area contributed by atoms with Crippen molar-refractivity contribution in [2.24, 2.45) is 0 Å². The number of aromatic nitrogens is 1. The van der Waals surface area contributed by atoms with Gasteiger partial charge in [-0.2, -0.15) is 13.2 Å². The van der Waals surface area contributed by atoms with Crippen molar-refractivity contribution >= 4 is 5.97 Å². The fourth-order valence-electron chi connectivity index (χ4n) is 4.94. The lowest BCUT2D eigenvalue weighted by atomic mass is 9.94. The Balaban J connectivity index is 1.46. The van der Waals surface area contributed by atoms with Gasteiger partial charge in [-0.15, -0.1) is 0 Å². The van der Waals surface area contributed by atoms with Gasteiger partial charge >= 0.3 is 12.1 Å². The van der Waals surface area contributed by atoms with Gasteiger partial charge in [0.25, 0.3) is 0 Å². The highest BCUT2D eigenvalue weighted by molar-refractivity contribution is 5.77. The van der Waals surface area contributed by atoms with E-state index in [0.717, 1.165) is 29.0 Å². The summed E-state index contributed by atoms with van der Waals surface area (Å²) in [5.74, 6) is -0.0227. The van der Waals surface area contributed by atoms with Crippen LogP contribution in [0.15, 0.2) is 48.7 Å². The number of benzene rings is 2. The second-order valence-electron chi connectivity index (χ2n) is 8.56. The molecule has 9 heteroatoms. The molecule has 2 aliphatic rings. The molecule has 2 aromatic carbocycles. The Hall–Kier alpha value is -3.75. The van der Waals surface area contributed by atoms with Crippen molar-refractivity contribution in [3.8, 4) is 28.5 Å². The van der Waals surface area contributed by atoms with Crippen LogP contribution >= 0.6 is 0 Å². The maximum absolute atomic E-state index is 13.8. The summed E-state index contributed by atoms with van der Waals surface area (Å²) in [7, 11) is 1.30. The summed E-state index contributed by atoms with van der Waals surface area (Å²) < 4.78 is 58.5. The molecule has 0 radical (unpaired) electrons. The topological polar surface area (TPSA) is 77.9 Å². The fraction of sp³-hybridized carbons (Fsp3) is 0.308. The average molecular weight is 485 g/mol. The third-order valence-electron chi connectivity index (χ3n) is 6.46. The monoisotopic (exact) mass is 485 g/mol. The number of alkyl halides is 3. The third kappa shape index (κ3) is 4.26. The predicted octanol–water partition coefficient (Wildman–Crippen LogP) is 5.79. The highest BCUT2D eigenvalue weighted by atomic mass is 19.4. The van der Waals surface area contributed by atoms with Gasteiger partial charge in [0.1, 0.15) is 17.6 Å². The van der Waals surface area contributed by atoms with Gasteiger partial charge in [0.2, 0.25) is 5.88 Å². The number of carbonyl (C=O) groups is 1. The highest BCUT2D eigenvalue weighted by Gasteiger charge is 2.37. The van der Waals surface area contributed by atoms with E-state index >= 15 is 0 Å². The molecule has 1 unspecified atom stereocenters. The van der Waals surface area contributed by atoms with Gasteiger partial charge in [0.15, 0.2) is 0 Å². The quantitative estimate of drug-likeness (QED) is 0.476. The van der Waals surface area contributed by atoms with E-state index in [1.807, 2.05) is 12.1 Å². The molecular formula is C26H22F3NO5. The molecule has 2 atom stereocenters. The van der Waals surface area contributed by atoms with E-state index in [1.165, 1.54) is 7.11 Å². The molecule has 0 spiro atoms. The second-order valence-corrected chi connectivity index (χ2v) is 8.56. The van der Waals surface area contributed by atoms with Crippen LogP contribution in [0.1, 0.15) is 47.1 Å². The largest absolute Gasteiger partial charge is 0.492 e. The lowest BCUT2D eigenvalue weighted by molar-refractivity contribution is -0.138. The number of halogens is 3. The molecule has 1 aromatic heterocycles. The molecule has 2 heterocycles. The van der Waals surface area contributed by atoms with Crippen LogP contribution < -0.4 is 14.2 Å².